The normalized spacial score (nSPS) is 13.6. The van der Waals surface area contributed by atoms with Crippen LogP contribution in [0.5, 0.6) is 5.75 Å². The molecule has 1 aliphatic rings. The fourth-order valence-corrected chi connectivity index (χ4v) is 4.86. The molecule has 1 saturated heterocycles. The molecule has 0 atom stereocenters. The molecule has 0 amide bonds. The lowest BCUT2D eigenvalue weighted by Crippen LogP contribution is -2.37. The van der Waals surface area contributed by atoms with Gasteiger partial charge in [0.1, 0.15) is 11.6 Å². The van der Waals surface area contributed by atoms with Gasteiger partial charge in [-0.1, -0.05) is 24.1 Å². The summed E-state index contributed by atoms with van der Waals surface area (Å²) in [5, 5.41) is 0.748. The van der Waals surface area contributed by atoms with E-state index in [4.69, 9.17) is 25.2 Å². The highest BCUT2D eigenvalue weighted by Gasteiger charge is 2.22. The standard InChI is InChI=1S/C26H27F2N7O2S/c1-36-22-13-21-19(12-18(22)17-4-2-5-20(23(17)28)34-38-11-3-6-27)25(35-7-9-37-10-8-35)33-24(32-21)16-14-30-26(29)31-15-16/h2,4-5,12-15,34H,3,6-11H2,1H3,(H2,29,30,31). The number of benzene rings is 2. The van der Waals surface area contributed by atoms with Crippen LogP contribution in [0.4, 0.5) is 26.2 Å². The lowest BCUT2D eigenvalue weighted by molar-refractivity contribution is 0.122. The number of nitrogens with one attached hydrogen (secondary N) is 1. The maximum atomic E-state index is 15.7. The van der Waals surface area contributed by atoms with Crippen molar-refractivity contribution in [2.45, 2.75) is 6.42 Å². The van der Waals surface area contributed by atoms with E-state index in [9.17, 15) is 4.39 Å². The van der Waals surface area contributed by atoms with Gasteiger partial charge in [-0.2, -0.15) is 0 Å². The van der Waals surface area contributed by atoms with E-state index in [1.54, 1.807) is 36.7 Å². The van der Waals surface area contributed by atoms with Gasteiger partial charge < -0.3 is 24.8 Å². The van der Waals surface area contributed by atoms with Crippen LogP contribution in [0.15, 0.2) is 42.7 Å². The summed E-state index contributed by atoms with van der Waals surface area (Å²) in [6.07, 6.45) is 3.56. The van der Waals surface area contributed by atoms with Crippen LogP contribution in [0.25, 0.3) is 33.4 Å². The molecule has 4 aromatic rings. The Labute approximate surface area is 222 Å². The van der Waals surface area contributed by atoms with Crippen LogP contribution in [-0.4, -0.2) is 65.8 Å². The number of ether oxygens (including phenoxy) is 2. The fraction of sp³-hybridized carbons (Fsp3) is 0.308. The first-order valence-electron chi connectivity index (χ1n) is 12.1. The quantitative estimate of drug-likeness (QED) is 0.229. The molecule has 3 heterocycles. The van der Waals surface area contributed by atoms with Crippen LogP contribution in [0.3, 0.4) is 0 Å². The number of fused-ring (bicyclic) bond motifs is 1. The molecule has 0 saturated carbocycles. The van der Waals surface area contributed by atoms with E-state index >= 15 is 4.39 Å². The molecule has 1 aliphatic heterocycles. The Kier molecular flexibility index (Phi) is 7.99. The molecule has 9 nitrogen and oxygen atoms in total. The van der Waals surface area contributed by atoms with E-state index in [0.717, 1.165) is 5.39 Å². The molecule has 2 aromatic carbocycles. The van der Waals surface area contributed by atoms with Crippen molar-refractivity contribution in [3.8, 4) is 28.3 Å². The molecule has 0 aliphatic carbocycles. The number of hydrogen-bond donors (Lipinski definition) is 2. The second-order valence-electron chi connectivity index (χ2n) is 8.53. The van der Waals surface area contributed by atoms with Crippen LogP contribution in [0, 0.1) is 5.82 Å². The van der Waals surface area contributed by atoms with Crippen molar-refractivity contribution in [3.63, 3.8) is 0 Å². The van der Waals surface area contributed by atoms with Gasteiger partial charge in [-0.3, -0.25) is 4.39 Å². The Balaban J connectivity index is 1.64. The van der Waals surface area contributed by atoms with Gasteiger partial charge in [0, 0.05) is 53.8 Å². The summed E-state index contributed by atoms with van der Waals surface area (Å²) in [4.78, 5) is 19.9. The maximum Gasteiger partial charge on any atom is 0.219 e. The van der Waals surface area contributed by atoms with E-state index in [1.807, 2.05) is 6.07 Å². The highest BCUT2D eigenvalue weighted by molar-refractivity contribution is 8.00. The first-order valence-corrected chi connectivity index (χ1v) is 13.1. The first kappa shape index (κ1) is 25.9. The number of halogens is 2. The minimum atomic E-state index is -0.428. The van der Waals surface area contributed by atoms with Gasteiger partial charge in [-0.15, -0.1) is 0 Å². The zero-order valence-corrected chi connectivity index (χ0v) is 21.6. The van der Waals surface area contributed by atoms with E-state index in [-0.39, 0.29) is 5.95 Å². The molecule has 12 heteroatoms. The number of nitrogen functional groups attached to an aromatic ring is 1. The van der Waals surface area contributed by atoms with Crippen LogP contribution in [0.1, 0.15) is 6.42 Å². The highest BCUT2D eigenvalue weighted by atomic mass is 32.2. The highest BCUT2D eigenvalue weighted by Crippen LogP contribution is 2.40. The second-order valence-corrected chi connectivity index (χ2v) is 9.43. The number of nitrogens with zero attached hydrogens (tertiary/aromatic N) is 5. The van der Waals surface area contributed by atoms with Crippen molar-refractivity contribution < 1.29 is 18.3 Å². The number of nitrogens with two attached hydrogens (primary N) is 1. The van der Waals surface area contributed by atoms with E-state index in [0.29, 0.717) is 83.8 Å². The molecule has 38 heavy (non-hydrogen) atoms. The zero-order valence-electron chi connectivity index (χ0n) is 20.8. The second kappa shape index (κ2) is 11.7. The predicted octanol–water partition coefficient (Wildman–Crippen LogP) is 4.74. The van der Waals surface area contributed by atoms with Crippen molar-refractivity contribution in [3.05, 3.63) is 48.5 Å². The Bertz CT molecular complexity index is 1420. The average molecular weight is 540 g/mol. The van der Waals surface area contributed by atoms with Gasteiger partial charge in [0.2, 0.25) is 5.95 Å². The number of alkyl halides is 1. The third-order valence-electron chi connectivity index (χ3n) is 6.09. The molecule has 0 unspecified atom stereocenters. The van der Waals surface area contributed by atoms with Crippen molar-refractivity contribution in [2.75, 3.05) is 61.2 Å². The summed E-state index contributed by atoms with van der Waals surface area (Å²) >= 11 is 1.27. The number of anilines is 3. The first-order chi connectivity index (χ1) is 18.6. The Hall–Kier alpha value is -3.77. The number of morpholine rings is 1. The third-order valence-corrected chi connectivity index (χ3v) is 6.95. The van der Waals surface area contributed by atoms with Crippen LogP contribution < -0.4 is 20.1 Å². The molecule has 0 bridgehead atoms. The number of rotatable bonds is 9. The molecule has 0 radical (unpaired) electrons. The zero-order chi connectivity index (χ0) is 26.5. The van der Waals surface area contributed by atoms with Crippen molar-refractivity contribution >= 4 is 40.3 Å². The summed E-state index contributed by atoms with van der Waals surface area (Å²) in [6, 6.07) is 8.77. The van der Waals surface area contributed by atoms with Gasteiger partial charge in [-0.05, 0) is 18.6 Å². The molecular weight excluding hydrogens is 512 g/mol. The lowest BCUT2D eigenvalue weighted by atomic mass is 10.0. The smallest absolute Gasteiger partial charge is 0.219 e. The summed E-state index contributed by atoms with van der Waals surface area (Å²) in [5.41, 5.74) is 8.16. The Morgan fingerprint density at radius 2 is 1.92 bits per heavy atom. The molecule has 0 spiro atoms. The summed E-state index contributed by atoms with van der Waals surface area (Å²) in [5.74, 6) is 1.86. The number of aromatic nitrogens is 4. The molecule has 2 aromatic heterocycles. The SMILES string of the molecule is COc1cc2nc(-c3cnc(N)nc3)nc(N3CCOCC3)c2cc1-c1cccc(NSCCCF)c1F. The number of hydrogen-bond acceptors (Lipinski definition) is 10. The van der Waals surface area contributed by atoms with Crippen LogP contribution in [0.2, 0.25) is 0 Å². The van der Waals surface area contributed by atoms with Gasteiger partial charge in [0.05, 0.1) is 43.8 Å². The summed E-state index contributed by atoms with van der Waals surface area (Å²) in [6.45, 7) is 2.02. The van der Waals surface area contributed by atoms with Crippen LogP contribution >= 0.6 is 11.9 Å². The molecule has 3 N–H and O–H groups in total. The topological polar surface area (TPSA) is 111 Å². The average Bonchev–Trinajstić information content (AvgIpc) is 2.95. The molecule has 5 rings (SSSR count). The Morgan fingerprint density at radius 1 is 1.13 bits per heavy atom. The Morgan fingerprint density at radius 3 is 2.66 bits per heavy atom. The third kappa shape index (κ3) is 5.41. The molecular formula is C26H27F2N7O2S. The lowest BCUT2D eigenvalue weighted by Gasteiger charge is -2.29. The van der Waals surface area contributed by atoms with Crippen molar-refractivity contribution in [1.29, 1.82) is 0 Å². The number of methoxy groups -OCH3 is 1. The minimum absolute atomic E-state index is 0.161. The van der Waals surface area contributed by atoms with Gasteiger partial charge in [0.25, 0.3) is 0 Å². The largest absolute Gasteiger partial charge is 0.496 e. The maximum absolute atomic E-state index is 15.7. The van der Waals surface area contributed by atoms with Gasteiger partial charge in [-0.25, -0.2) is 24.3 Å². The monoisotopic (exact) mass is 539 g/mol. The van der Waals surface area contributed by atoms with Crippen molar-refractivity contribution in [1.82, 2.24) is 19.9 Å². The van der Waals surface area contributed by atoms with E-state index < -0.39 is 12.5 Å². The van der Waals surface area contributed by atoms with E-state index in [1.165, 1.54) is 19.1 Å². The summed E-state index contributed by atoms with van der Waals surface area (Å²) in [7, 11) is 1.54. The minimum Gasteiger partial charge on any atom is -0.496 e. The van der Waals surface area contributed by atoms with Crippen molar-refractivity contribution in [2.24, 2.45) is 0 Å². The molecule has 1 fully saturated rings. The summed E-state index contributed by atoms with van der Waals surface area (Å²) < 4.78 is 42.3. The van der Waals surface area contributed by atoms with Crippen LogP contribution in [-0.2, 0) is 4.74 Å². The van der Waals surface area contributed by atoms with E-state index in [2.05, 4.69) is 19.6 Å². The fourth-order valence-electron chi connectivity index (χ4n) is 4.19. The molecule has 198 valence electrons. The van der Waals surface area contributed by atoms with Gasteiger partial charge >= 0.3 is 0 Å². The van der Waals surface area contributed by atoms with Gasteiger partial charge in [0.15, 0.2) is 11.6 Å². The predicted molar refractivity (Wildman–Crippen MR) is 147 cm³/mol.